The minimum atomic E-state index is 0. The number of nitrogens with zero attached hydrogens (tertiary/aromatic N) is 1. The normalized spacial score (nSPS) is 26.0. The van der Waals surface area contributed by atoms with Crippen molar-refractivity contribution in [2.45, 2.75) is 57.4 Å². The Hall–Kier alpha value is -0.280. The van der Waals surface area contributed by atoms with Crippen LogP contribution in [0.1, 0.15) is 51.4 Å². The first-order valence-corrected chi connectivity index (χ1v) is 7.82. The summed E-state index contributed by atoms with van der Waals surface area (Å²) in [6, 6.07) is 0.609. The van der Waals surface area contributed by atoms with Gasteiger partial charge in [0.2, 0.25) is 5.91 Å². The molecule has 3 nitrogen and oxygen atoms in total. The number of hydrogen-bond acceptors (Lipinski definition) is 2. The third-order valence-corrected chi connectivity index (χ3v) is 4.57. The van der Waals surface area contributed by atoms with E-state index in [1.165, 1.54) is 38.5 Å². The maximum Gasteiger partial charge on any atom is 0.222 e. The molecule has 1 atom stereocenters. The van der Waals surface area contributed by atoms with E-state index in [0.717, 1.165) is 44.3 Å². The number of nitrogens with one attached hydrogen (secondary N) is 1. The second-order valence-corrected chi connectivity index (χ2v) is 6.52. The molecule has 0 bridgehead atoms. The Morgan fingerprint density at radius 1 is 1.05 bits per heavy atom. The molecule has 3 aliphatic rings. The van der Waals surface area contributed by atoms with Crippen molar-refractivity contribution in [1.29, 1.82) is 0 Å². The number of rotatable bonds is 7. The van der Waals surface area contributed by atoms with Gasteiger partial charge in [-0.2, -0.15) is 0 Å². The van der Waals surface area contributed by atoms with E-state index in [1.807, 2.05) is 0 Å². The minimum absolute atomic E-state index is 0. The van der Waals surface area contributed by atoms with Crippen molar-refractivity contribution in [1.82, 2.24) is 10.2 Å². The Morgan fingerprint density at radius 2 is 1.68 bits per heavy atom. The molecule has 1 amide bonds. The van der Waals surface area contributed by atoms with Crippen molar-refractivity contribution in [2.24, 2.45) is 11.8 Å². The summed E-state index contributed by atoms with van der Waals surface area (Å²) in [5.74, 6) is 2.08. The summed E-state index contributed by atoms with van der Waals surface area (Å²) in [6.45, 7) is 3.24. The molecule has 1 aliphatic heterocycles. The van der Waals surface area contributed by atoms with Gasteiger partial charge in [0.05, 0.1) is 0 Å². The molecule has 4 heteroatoms. The summed E-state index contributed by atoms with van der Waals surface area (Å²) < 4.78 is 0. The molecule has 1 saturated heterocycles. The van der Waals surface area contributed by atoms with Crippen molar-refractivity contribution < 1.29 is 4.79 Å². The monoisotopic (exact) mass is 286 g/mol. The summed E-state index contributed by atoms with van der Waals surface area (Å²) >= 11 is 0. The molecule has 0 aromatic rings. The first kappa shape index (κ1) is 15.1. The lowest BCUT2D eigenvalue weighted by Crippen LogP contribution is -2.35. The molecule has 1 unspecified atom stereocenters. The Balaban J connectivity index is 0.00000133. The molecule has 0 radical (unpaired) electrons. The number of carbonyl (C=O) groups is 1. The van der Waals surface area contributed by atoms with Gasteiger partial charge in [0.25, 0.3) is 0 Å². The van der Waals surface area contributed by atoms with Gasteiger partial charge in [-0.15, -0.1) is 12.4 Å². The van der Waals surface area contributed by atoms with Gasteiger partial charge in [0, 0.05) is 25.6 Å². The maximum absolute atomic E-state index is 12.3. The van der Waals surface area contributed by atoms with Crippen molar-refractivity contribution >= 4 is 18.3 Å². The summed E-state index contributed by atoms with van der Waals surface area (Å²) in [7, 11) is 0. The Bertz CT molecular complexity index is 283. The Morgan fingerprint density at radius 3 is 2.16 bits per heavy atom. The SMILES string of the molecule is Cl.O=C(CCC1CCCN1)N(CC1CC1)CC1CC1. The van der Waals surface area contributed by atoms with Crippen LogP contribution in [-0.4, -0.2) is 36.5 Å². The molecule has 19 heavy (non-hydrogen) atoms. The van der Waals surface area contributed by atoms with Gasteiger partial charge in [0.15, 0.2) is 0 Å². The highest BCUT2D eigenvalue weighted by Crippen LogP contribution is 2.34. The van der Waals surface area contributed by atoms with Crippen molar-refractivity contribution in [3.8, 4) is 0 Å². The van der Waals surface area contributed by atoms with Gasteiger partial charge in [0.1, 0.15) is 0 Å². The van der Waals surface area contributed by atoms with E-state index in [-0.39, 0.29) is 12.4 Å². The first-order valence-electron chi connectivity index (χ1n) is 7.82. The predicted molar refractivity (Wildman–Crippen MR) is 79.5 cm³/mol. The quantitative estimate of drug-likeness (QED) is 0.780. The van der Waals surface area contributed by atoms with Gasteiger partial charge in [-0.05, 0) is 63.3 Å². The van der Waals surface area contributed by atoms with Crippen LogP contribution in [0, 0.1) is 11.8 Å². The summed E-state index contributed by atoms with van der Waals surface area (Å²) in [5.41, 5.74) is 0. The minimum Gasteiger partial charge on any atom is -0.342 e. The van der Waals surface area contributed by atoms with Gasteiger partial charge >= 0.3 is 0 Å². The van der Waals surface area contributed by atoms with E-state index in [2.05, 4.69) is 10.2 Å². The highest BCUT2D eigenvalue weighted by atomic mass is 35.5. The van der Waals surface area contributed by atoms with E-state index in [0.29, 0.717) is 11.9 Å². The molecule has 3 fully saturated rings. The lowest BCUT2D eigenvalue weighted by atomic mass is 10.1. The highest BCUT2D eigenvalue weighted by Gasteiger charge is 2.31. The van der Waals surface area contributed by atoms with Crippen LogP contribution in [0.25, 0.3) is 0 Å². The zero-order valence-electron chi connectivity index (χ0n) is 11.8. The molecule has 2 saturated carbocycles. The third kappa shape index (κ3) is 4.96. The molecule has 0 aromatic carbocycles. The largest absolute Gasteiger partial charge is 0.342 e. The molecular formula is C15H27ClN2O. The number of halogens is 1. The lowest BCUT2D eigenvalue weighted by molar-refractivity contribution is -0.132. The molecule has 110 valence electrons. The van der Waals surface area contributed by atoms with Crippen LogP contribution in [0.15, 0.2) is 0 Å². The summed E-state index contributed by atoms with van der Waals surface area (Å²) in [4.78, 5) is 14.5. The van der Waals surface area contributed by atoms with Crippen LogP contribution in [0.5, 0.6) is 0 Å². The molecule has 0 aromatic heterocycles. The van der Waals surface area contributed by atoms with Crippen molar-refractivity contribution in [2.75, 3.05) is 19.6 Å². The van der Waals surface area contributed by atoms with Crippen LogP contribution < -0.4 is 5.32 Å². The van der Waals surface area contributed by atoms with Crippen LogP contribution >= 0.6 is 12.4 Å². The van der Waals surface area contributed by atoms with E-state index in [9.17, 15) is 4.79 Å². The fourth-order valence-corrected chi connectivity index (χ4v) is 2.96. The maximum atomic E-state index is 12.3. The molecule has 2 aliphatic carbocycles. The van der Waals surface area contributed by atoms with Crippen LogP contribution in [0.2, 0.25) is 0 Å². The van der Waals surface area contributed by atoms with Crippen LogP contribution in [0.4, 0.5) is 0 Å². The van der Waals surface area contributed by atoms with Gasteiger partial charge in [-0.1, -0.05) is 0 Å². The Kier molecular flexibility index (Phi) is 5.52. The Labute approximate surface area is 122 Å². The molecule has 1 heterocycles. The molecule has 0 spiro atoms. The van der Waals surface area contributed by atoms with E-state index >= 15 is 0 Å². The zero-order valence-corrected chi connectivity index (χ0v) is 12.6. The summed E-state index contributed by atoms with van der Waals surface area (Å²) in [6.07, 6.45) is 9.74. The van der Waals surface area contributed by atoms with Crippen LogP contribution in [-0.2, 0) is 4.79 Å². The molecular weight excluding hydrogens is 260 g/mol. The lowest BCUT2D eigenvalue weighted by Gasteiger charge is -2.23. The van der Waals surface area contributed by atoms with Gasteiger partial charge < -0.3 is 10.2 Å². The third-order valence-electron chi connectivity index (χ3n) is 4.57. The number of carbonyl (C=O) groups excluding carboxylic acids is 1. The zero-order chi connectivity index (χ0) is 12.4. The predicted octanol–water partition coefficient (Wildman–Crippen LogP) is 2.59. The number of hydrogen-bond donors (Lipinski definition) is 1. The first-order chi connectivity index (χ1) is 8.81. The van der Waals surface area contributed by atoms with E-state index in [4.69, 9.17) is 0 Å². The smallest absolute Gasteiger partial charge is 0.222 e. The van der Waals surface area contributed by atoms with E-state index < -0.39 is 0 Å². The molecule has 1 N–H and O–H groups in total. The fourth-order valence-electron chi connectivity index (χ4n) is 2.96. The summed E-state index contributed by atoms with van der Waals surface area (Å²) in [5, 5.41) is 3.49. The van der Waals surface area contributed by atoms with Crippen molar-refractivity contribution in [3.63, 3.8) is 0 Å². The standard InChI is InChI=1S/C15H26N2O.ClH/c18-15(8-7-14-2-1-9-16-14)17(10-12-3-4-12)11-13-5-6-13;/h12-14,16H,1-11H2;1H. The van der Waals surface area contributed by atoms with Crippen molar-refractivity contribution in [3.05, 3.63) is 0 Å². The fraction of sp³-hybridized carbons (Fsp3) is 0.933. The van der Waals surface area contributed by atoms with Crippen LogP contribution in [0.3, 0.4) is 0 Å². The molecule has 3 rings (SSSR count). The second kappa shape index (κ2) is 6.94. The topological polar surface area (TPSA) is 32.3 Å². The average Bonchev–Trinajstić information content (AvgIpc) is 3.29. The van der Waals surface area contributed by atoms with E-state index in [1.54, 1.807) is 0 Å². The van der Waals surface area contributed by atoms with Gasteiger partial charge in [-0.25, -0.2) is 0 Å². The average molecular weight is 287 g/mol. The van der Waals surface area contributed by atoms with Gasteiger partial charge in [-0.3, -0.25) is 4.79 Å². The highest BCUT2D eigenvalue weighted by molar-refractivity contribution is 5.85. The number of amides is 1. The second-order valence-electron chi connectivity index (χ2n) is 6.52.